The summed E-state index contributed by atoms with van der Waals surface area (Å²) >= 11 is 0. The average molecular weight is 327 g/mol. The average Bonchev–Trinajstić information content (AvgIpc) is 2.58. The number of benzene rings is 3. The van der Waals surface area contributed by atoms with Gasteiger partial charge in [-0.15, -0.1) is 0 Å². The van der Waals surface area contributed by atoms with E-state index < -0.39 is 11.7 Å². The summed E-state index contributed by atoms with van der Waals surface area (Å²) in [5.41, 5.74) is 7.95. The summed E-state index contributed by atoms with van der Waals surface area (Å²) in [4.78, 5) is 0. The Morgan fingerprint density at radius 2 is 1.21 bits per heavy atom. The van der Waals surface area contributed by atoms with Crippen LogP contribution >= 0.6 is 0 Å². The van der Waals surface area contributed by atoms with Crippen LogP contribution in [0, 0.1) is 0 Å². The molecule has 0 bridgehead atoms. The van der Waals surface area contributed by atoms with Gasteiger partial charge in [0, 0.05) is 11.6 Å². The van der Waals surface area contributed by atoms with E-state index in [1.165, 1.54) is 6.07 Å². The van der Waals surface area contributed by atoms with E-state index in [-0.39, 0.29) is 5.92 Å². The van der Waals surface area contributed by atoms with Gasteiger partial charge in [-0.1, -0.05) is 60.7 Å². The molecule has 0 amide bonds. The monoisotopic (exact) mass is 327 g/mol. The van der Waals surface area contributed by atoms with Crippen LogP contribution in [-0.4, -0.2) is 0 Å². The molecule has 0 spiro atoms. The first-order valence-electron chi connectivity index (χ1n) is 7.53. The van der Waals surface area contributed by atoms with Gasteiger partial charge in [-0.3, -0.25) is 0 Å². The summed E-state index contributed by atoms with van der Waals surface area (Å²) in [7, 11) is 0. The topological polar surface area (TPSA) is 26.0 Å². The summed E-state index contributed by atoms with van der Waals surface area (Å²) in [5, 5.41) is 0. The van der Waals surface area contributed by atoms with Crippen molar-refractivity contribution in [1.82, 2.24) is 0 Å². The zero-order chi connectivity index (χ0) is 17.2. The molecule has 0 aromatic heterocycles. The fraction of sp³-hybridized carbons (Fsp3) is 0.100. The van der Waals surface area contributed by atoms with Crippen LogP contribution in [0.15, 0.2) is 78.9 Å². The van der Waals surface area contributed by atoms with Gasteiger partial charge in [-0.05, 0) is 34.9 Å². The number of alkyl halides is 3. The van der Waals surface area contributed by atoms with E-state index in [2.05, 4.69) is 0 Å². The van der Waals surface area contributed by atoms with E-state index in [1.807, 2.05) is 60.7 Å². The molecule has 0 saturated carbocycles. The lowest BCUT2D eigenvalue weighted by Gasteiger charge is -2.22. The molecule has 3 aromatic carbocycles. The predicted octanol–water partition coefficient (Wildman–Crippen LogP) is 5.47. The van der Waals surface area contributed by atoms with Gasteiger partial charge in [0.1, 0.15) is 0 Å². The van der Waals surface area contributed by atoms with Crippen molar-refractivity contribution in [2.45, 2.75) is 12.1 Å². The number of nitrogens with two attached hydrogens (primary N) is 1. The highest BCUT2D eigenvalue weighted by atomic mass is 19.4. The highest BCUT2D eigenvalue weighted by Crippen LogP contribution is 2.38. The van der Waals surface area contributed by atoms with Crippen LogP contribution in [0.25, 0.3) is 0 Å². The summed E-state index contributed by atoms with van der Waals surface area (Å²) < 4.78 is 39.4. The SMILES string of the molecule is Nc1ccc(C(F)(F)F)cc1C(c1ccccc1)c1ccccc1. The van der Waals surface area contributed by atoms with Gasteiger partial charge in [0.05, 0.1) is 5.56 Å². The van der Waals surface area contributed by atoms with Crippen molar-refractivity contribution in [2.24, 2.45) is 0 Å². The maximum Gasteiger partial charge on any atom is 0.416 e. The first-order chi connectivity index (χ1) is 11.5. The fourth-order valence-electron chi connectivity index (χ4n) is 2.84. The molecule has 0 unspecified atom stereocenters. The first kappa shape index (κ1) is 16.1. The highest BCUT2D eigenvalue weighted by molar-refractivity contribution is 5.57. The minimum absolute atomic E-state index is 0.348. The molecule has 3 rings (SSSR count). The van der Waals surface area contributed by atoms with Crippen LogP contribution in [0.4, 0.5) is 18.9 Å². The molecule has 0 radical (unpaired) electrons. The Morgan fingerprint density at radius 1 is 0.708 bits per heavy atom. The van der Waals surface area contributed by atoms with Crippen molar-refractivity contribution < 1.29 is 13.2 Å². The van der Waals surface area contributed by atoms with E-state index in [0.717, 1.165) is 23.3 Å². The number of anilines is 1. The molecule has 2 N–H and O–H groups in total. The predicted molar refractivity (Wildman–Crippen MR) is 89.7 cm³/mol. The number of hydrogen-bond donors (Lipinski definition) is 1. The molecular formula is C20H16F3N. The molecular weight excluding hydrogens is 311 g/mol. The molecule has 0 aliphatic carbocycles. The third kappa shape index (κ3) is 3.27. The third-order valence-electron chi connectivity index (χ3n) is 3.99. The van der Waals surface area contributed by atoms with Crippen molar-refractivity contribution in [3.63, 3.8) is 0 Å². The van der Waals surface area contributed by atoms with Crippen molar-refractivity contribution in [2.75, 3.05) is 5.73 Å². The van der Waals surface area contributed by atoms with Crippen molar-refractivity contribution in [3.05, 3.63) is 101 Å². The molecule has 0 aliphatic heterocycles. The third-order valence-corrected chi connectivity index (χ3v) is 3.99. The first-order valence-corrected chi connectivity index (χ1v) is 7.53. The highest BCUT2D eigenvalue weighted by Gasteiger charge is 2.32. The zero-order valence-electron chi connectivity index (χ0n) is 12.8. The normalized spacial score (nSPS) is 11.7. The second-order valence-corrected chi connectivity index (χ2v) is 5.60. The van der Waals surface area contributed by atoms with Gasteiger partial charge in [0.15, 0.2) is 0 Å². The summed E-state index contributed by atoms with van der Waals surface area (Å²) in [6.45, 7) is 0. The molecule has 0 saturated heterocycles. The summed E-state index contributed by atoms with van der Waals surface area (Å²) in [6, 6.07) is 22.3. The van der Waals surface area contributed by atoms with E-state index in [1.54, 1.807) is 0 Å². The van der Waals surface area contributed by atoms with Gasteiger partial charge in [-0.2, -0.15) is 13.2 Å². The van der Waals surface area contributed by atoms with Crippen molar-refractivity contribution >= 4 is 5.69 Å². The second-order valence-electron chi connectivity index (χ2n) is 5.60. The Labute approximate surface area is 138 Å². The maximum absolute atomic E-state index is 13.1. The molecule has 1 nitrogen and oxygen atoms in total. The van der Waals surface area contributed by atoms with Gasteiger partial charge >= 0.3 is 6.18 Å². The molecule has 3 aromatic rings. The smallest absolute Gasteiger partial charge is 0.398 e. The lowest BCUT2D eigenvalue weighted by molar-refractivity contribution is -0.137. The molecule has 0 atom stereocenters. The Kier molecular flexibility index (Phi) is 4.30. The van der Waals surface area contributed by atoms with Crippen LogP contribution in [0.1, 0.15) is 28.2 Å². The second kappa shape index (κ2) is 6.40. The van der Waals surface area contributed by atoms with Gasteiger partial charge < -0.3 is 5.73 Å². The molecule has 0 heterocycles. The Morgan fingerprint density at radius 3 is 1.67 bits per heavy atom. The molecule has 24 heavy (non-hydrogen) atoms. The number of halogens is 3. The number of nitrogen functional groups attached to an aromatic ring is 1. The summed E-state index contributed by atoms with van der Waals surface area (Å²) in [6.07, 6.45) is -4.40. The summed E-state index contributed by atoms with van der Waals surface area (Å²) in [5.74, 6) is -0.352. The largest absolute Gasteiger partial charge is 0.416 e. The van der Waals surface area contributed by atoms with Crippen LogP contribution in [0.3, 0.4) is 0 Å². The standard InChI is InChI=1S/C20H16F3N/c21-20(22,23)16-11-12-18(24)17(13-16)19(14-7-3-1-4-8-14)15-9-5-2-6-10-15/h1-13,19H,24H2. The maximum atomic E-state index is 13.1. The van der Waals surface area contributed by atoms with Crippen molar-refractivity contribution in [3.8, 4) is 0 Å². The van der Waals surface area contributed by atoms with E-state index in [0.29, 0.717) is 11.3 Å². The van der Waals surface area contributed by atoms with Crippen molar-refractivity contribution in [1.29, 1.82) is 0 Å². The van der Waals surface area contributed by atoms with Gasteiger partial charge in [-0.25, -0.2) is 0 Å². The Balaban J connectivity index is 2.20. The van der Waals surface area contributed by atoms with Gasteiger partial charge in [0.2, 0.25) is 0 Å². The number of rotatable bonds is 3. The minimum atomic E-state index is -4.40. The molecule has 122 valence electrons. The lowest BCUT2D eigenvalue weighted by Crippen LogP contribution is -2.11. The quantitative estimate of drug-likeness (QED) is 0.501. The zero-order valence-corrected chi connectivity index (χ0v) is 12.8. The Hall–Kier alpha value is -2.75. The van der Waals surface area contributed by atoms with Crippen LogP contribution in [0.2, 0.25) is 0 Å². The molecule has 0 aliphatic rings. The molecule has 4 heteroatoms. The fourth-order valence-corrected chi connectivity index (χ4v) is 2.84. The van der Waals surface area contributed by atoms with E-state index >= 15 is 0 Å². The lowest BCUT2D eigenvalue weighted by atomic mass is 9.83. The minimum Gasteiger partial charge on any atom is -0.398 e. The van der Waals surface area contributed by atoms with Crippen LogP contribution < -0.4 is 5.73 Å². The Bertz CT molecular complexity index is 772. The molecule has 0 fully saturated rings. The van der Waals surface area contributed by atoms with E-state index in [9.17, 15) is 13.2 Å². The van der Waals surface area contributed by atoms with E-state index in [4.69, 9.17) is 5.73 Å². The number of hydrogen-bond acceptors (Lipinski definition) is 1. The van der Waals surface area contributed by atoms with Gasteiger partial charge in [0.25, 0.3) is 0 Å². The van der Waals surface area contributed by atoms with Crippen LogP contribution in [0.5, 0.6) is 0 Å². The van der Waals surface area contributed by atoms with Crippen LogP contribution in [-0.2, 0) is 6.18 Å².